The van der Waals surface area contributed by atoms with Crippen LogP contribution in [0.4, 0.5) is 0 Å². The number of aliphatic carboxylic acids is 1. The Bertz CT molecular complexity index is 1400. The molecular weight excluding hydrogens is 472 g/mol. The first-order valence-corrected chi connectivity index (χ1v) is 12.2. The number of aryl methyl sites for hydroxylation is 3. The lowest BCUT2D eigenvalue weighted by molar-refractivity contribution is -0.146. The quantitative estimate of drug-likeness (QED) is 0.445. The Kier molecular flexibility index (Phi) is 7.54. The largest absolute Gasteiger partial charge is 0.491 e. The Morgan fingerprint density at radius 3 is 2.43 bits per heavy atom. The third kappa shape index (κ3) is 4.88. The number of ether oxygens (including phenoxy) is 2. The molecule has 3 rings (SSSR count). The Balaban J connectivity index is 2.26. The van der Waals surface area contributed by atoms with Gasteiger partial charge in [-0.1, -0.05) is 18.2 Å². The highest BCUT2D eigenvalue weighted by atomic mass is 32.1. The summed E-state index contributed by atoms with van der Waals surface area (Å²) in [6.07, 6.45) is 0.339. The van der Waals surface area contributed by atoms with Crippen molar-refractivity contribution in [1.29, 1.82) is 0 Å². The molecule has 0 saturated carbocycles. The van der Waals surface area contributed by atoms with Crippen LogP contribution in [0, 0.1) is 6.92 Å². The zero-order valence-corrected chi connectivity index (χ0v) is 21.5. The van der Waals surface area contributed by atoms with Gasteiger partial charge in [-0.3, -0.25) is 9.36 Å². The summed E-state index contributed by atoms with van der Waals surface area (Å²) in [6, 6.07) is 7.45. The van der Waals surface area contributed by atoms with Gasteiger partial charge in [0, 0.05) is 6.54 Å². The highest BCUT2D eigenvalue weighted by Gasteiger charge is 2.35. The number of thiophene rings is 1. The molecule has 35 heavy (non-hydrogen) atoms. The van der Waals surface area contributed by atoms with E-state index in [9.17, 15) is 24.3 Å². The molecule has 188 valence electrons. The number of para-hydroxylation sites is 1. The first-order valence-electron chi connectivity index (χ1n) is 11.4. The molecule has 1 N–H and O–H groups in total. The molecule has 0 fully saturated rings. The number of carbonyl (C=O) groups is 2. The number of carbonyl (C=O) groups excluding carboxylic acids is 1. The second-order valence-electron chi connectivity index (χ2n) is 8.92. The van der Waals surface area contributed by atoms with Crippen LogP contribution in [0.15, 0.2) is 33.9 Å². The van der Waals surface area contributed by atoms with Gasteiger partial charge in [-0.05, 0) is 65.2 Å². The van der Waals surface area contributed by atoms with Crippen molar-refractivity contribution in [3.63, 3.8) is 0 Å². The molecule has 3 aromatic rings. The lowest BCUT2D eigenvalue weighted by Crippen LogP contribution is -2.52. The zero-order chi connectivity index (χ0) is 26.1. The number of esters is 1. The summed E-state index contributed by atoms with van der Waals surface area (Å²) < 4.78 is 13.1. The number of fused-ring (bicyclic) bond motifs is 1. The van der Waals surface area contributed by atoms with Gasteiger partial charge in [0.05, 0.1) is 18.1 Å². The van der Waals surface area contributed by atoms with Gasteiger partial charge in [0.25, 0.3) is 5.56 Å². The molecule has 0 bridgehead atoms. The van der Waals surface area contributed by atoms with E-state index < -0.39 is 28.7 Å². The predicted octanol–water partition coefficient (Wildman–Crippen LogP) is 3.56. The number of hydrogen-bond acceptors (Lipinski definition) is 7. The minimum atomic E-state index is -1.80. The first kappa shape index (κ1) is 26.2. The molecule has 0 amide bonds. The van der Waals surface area contributed by atoms with Gasteiger partial charge >= 0.3 is 17.6 Å². The molecule has 0 unspecified atom stereocenters. The standard InChI is InChI=1S/C25H30N2O7S/c1-7-33-22(29)19-15(4)18-20(28)27(25(5,6)23(30)31)24(32)26(21(18)35-19)13-12-16-10-8-9-11-17(16)34-14(2)3/h8-11,14H,7,12-13H2,1-6H3,(H,30,31). The summed E-state index contributed by atoms with van der Waals surface area (Å²) >= 11 is 1.00. The zero-order valence-electron chi connectivity index (χ0n) is 20.7. The Hall–Kier alpha value is -3.40. The predicted molar refractivity (Wildman–Crippen MR) is 134 cm³/mol. The van der Waals surface area contributed by atoms with Gasteiger partial charge in [0.2, 0.25) is 0 Å². The second-order valence-corrected chi connectivity index (χ2v) is 9.92. The van der Waals surface area contributed by atoms with Crippen molar-refractivity contribution in [2.24, 2.45) is 0 Å². The monoisotopic (exact) mass is 502 g/mol. The Morgan fingerprint density at radius 1 is 1.17 bits per heavy atom. The van der Waals surface area contributed by atoms with Gasteiger partial charge < -0.3 is 14.6 Å². The van der Waals surface area contributed by atoms with E-state index in [-0.39, 0.29) is 29.5 Å². The number of hydrogen-bond donors (Lipinski definition) is 1. The van der Waals surface area contributed by atoms with Crippen LogP contribution in [0.3, 0.4) is 0 Å². The minimum Gasteiger partial charge on any atom is -0.491 e. The van der Waals surface area contributed by atoms with Crippen molar-refractivity contribution in [2.45, 2.75) is 66.2 Å². The van der Waals surface area contributed by atoms with Gasteiger partial charge in [-0.2, -0.15) is 0 Å². The van der Waals surface area contributed by atoms with E-state index in [1.165, 1.54) is 18.4 Å². The van der Waals surface area contributed by atoms with E-state index in [2.05, 4.69) is 0 Å². The van der Waals surface area contributed by atoms with E-state index in [1.54, 1.807) is 13.8 Å². The van der Waals surface area contributed by atoms with Crippen LogP contribution in [0.25, 0.3) is 10.2 Å². The fraction of sp³-hybridized carbons (Fsp3) is 0.440. The average Bonchev–Trinajstić information content (AvgIpc) is 3.11. The van der Waals surface area contributed by atoms with Crippen molar-refractivity contribution < 1.29 is 24.2 Å². The maximum absolute atomic E-state index is 13.6. The molecule has 10 heteroatoms. The van der Waals surface area contributed by atoms with E-state index in [4.69, 9.17) is 9.47 Å². The van der Waals surface area contributed by atoms with Gasteiger partial charge in [-0.25, -0.2) is 19.0 Å². The van der Waals surface area contributed by atoms with Crippen LogP contribution in [0.1, 0.15) is 55.4 Å². The molecule has 0 spiro atoms. The van der Waals surface area contributed by atoms with Gasteiger partial charge in [-0.15, -0.1) is 11.3 Å². The van der Waals surface area contributed by atoms with Gasteiger partial charge in [0.15, 0.2) is 0 Å². The molecule has 0 saturated heterocycles. The first-order chi connectivity index (χ1) is 16.4. The fourth-order valence-electron chi connectivity index (χ4n) is 3.84. The van der Waals surface area contributed by atoms with Crippen molar-refractivity contribution in [3.05, 3.63) is 61.1 Å². The van der Waals surface area contributed by atoms with E-state index in [1.807, 2.05) is 38.1 Å². The molecule has 1 aromatic carbocycles. The molecule has 0 atom stereocenters. The SMILES string of the molecule is CCOC(=O)c1sc2c(c1C)c(=O)n(C(C)(C)C(=O)O)c(=O)n2CCc1ccccc1OC(C)C. The number of aromatic nitrogens is 2. The van der Waals surface area contributed by atoms with E-state index in [0.29, 0.717) is 22.6 Å². The van der Waals surface area contributed by atoms with Crippen LogP contribution >= 0.6 is 11.3 Å². The average molecular weight is 503 g/mol. The molecule has 0 aliphatic carbocycles. The lowest BCUT2D eigenvalue weighted by atomic mass is 10.1. The van der Waals surface area contributed by atoms with Crippen LogP contribution in [-0.4, -0.2) is 38.9 Å². The normalized spacial score (nSPS) is 11.7. The summed E-state index contributed by atoms with van der Waals surface area (Å²) in [5.74, 6) is -1.23. The number of nitrogens with zero attached hydrogens (tertiary/aromatic N) is 2. The molecule has 0 aliphatic heterocycles. The second kappa shape index (κ2) is 10.1. The van der Waals surface area contributed by atoms with Crippen LogP contribution in [0.2, 0.25) is 0 Å². The third-order valence-corrected chi connectivity index (χ3v) is 6.99. The van der Waals surface area contributed by atoms with Crippen molar-refractivity contribution in [1.82, 2.24) is 9.13 Å². The lowest BCUT2D eigenvalue weighted by Gasteiger charge is -2.23. The maximum atomic E-state index is 13.6. The fourth-order valence-corrected chi connectivity index (χ4v) is 5.05. The van der Waals surface area contributed by atoms with Crippen molar-refractivity contribution in [3.8, 4) is 5.75 Å². The highest BCUT2D eigenvalue weighted by Crippen LogP contribution is 2.30. The molecular formula is C25H30N2O7S. The topological polar surface area (TPSA) is 117 Å². The summed E-state index contributed by atoms with van der Waals surface area (Å²) in [5.41, 5.74) is -2.09. The minimum absolute atomic E-state index is 0.0454. The Labute approximate surface area is 206 Å². The molecule has 2 heterocycles. The Morgan fingerprint density at radius 2 is 1.83 bits per heavy atom. The summed E-state index contributed by atoms with van der Waals surface area (Å²) in [6.45, 7) is 10.0. The van der Waals surface area contributed by atoms with Crippen molar-refractivity contribution in [2.75, 3.05) is 6.61 Å². The molecule has 0 radical (unpaired) electrons. The van der Waals surface area contributed by atoms with Crippen LogP contribution in [0.5, 0.6) is 5.75 Å². The smallest absolute Gasteiger partial charge is 0.348 e. The third-order valence-electron chi connectivity index (χ3n) is 5.70. The van der Waals surface area contributed by atoms with Crippen LogP contribution < -0.4 is 16.0 Å². The van der Waals surface area contributed by atoms with Crippen molar-refractivity contribution >= 4 is 33.5 Å². The molecule has 0 aliphatic rings. The summed E-state index contributed by atoms with van der Waals surface area (Å²) in [7, 11) is 0. The summed E-state index contributed by atoms with van der Waals surface area (Å²) in [5, 5.41) is 9.91. The number of rotatable bonds is 9. The van der Waals surface area contributed by atoms with E-state index in [0.717, 1.165) is 21.5 Å². The highest BCUT2D eigenvalue weighted by molar-refractivity contribution is 7.20. The molecule has 2 aromatic heterocycles. The van der Waals surface area contributed by atoms with Crippen LogP contribution in [-0.2, 0) is 28.0 Å². The number of benzene rings is 1. The van der Waals surface area contributed by atoms with Gasteiger partial charge in [0.1, 0.15) is 21.0 Å². The van der Waals surface area contributed by atoms with E-state index >= 15 is 0 Å². The number of carboxylic acids is 1. The summed E-state index contributed by atoms with van der Waals surface area (Å²) in [4.78, 5) is 52.1. The maximum Gasteiger partial charge on any atom is 0.348 e. The molecule has 9 nitrogen and oxygen atoms in total. The number of carboxylic acid groups (broad SMARTS) is 1.